The Balaban J connectivity index is 2.41. The summed E-state index contributed by atoms with van der Waals surface area (Å²) in [6, 6.07) is 0.992. The van der Waals surface area contributed by atoms with E-state index in [1.807, 2.05) is 0 Å². The van der Waals surface area contributed by atoms with Crippen molar-refractivity contribution in [2.24, 2.45) is 10.2 Å². The molecule has 0 saturated heterocycles. The highest BCUT2D eigenvalue weighted by atomic mass is 19.4. The van der Waals surface area contributed by atoms with E-state index in [9.17, 15) is 22.0 Å². The second-order valence-electron chi connectivity index (χ2n) is 3.83. The van der Waals surface area contributed by atoms with Crippen molar-refractivity contribution in [1.82, 2.24) is 10.2 Å². The lowest BCUT2D eigenvalue weighted by molar-refractivity contribution is -0.140. The van der Waals surface area contributed by atoms with Gasteiger partial charge in [-0.2, -0.15) is 18.3 Å². The minimum Gasteiger partial charge on any atom is -0.382 e. The van der Waals surface area contributed by atoms with Gasteiger partial charge in [0.05, 0.1) is 5.56 Å². The number of aromatic nitrogens is 2. The molecule has 1 aromatic heterocycles. The number of halogens is 5. The van der Waals surface area contributed by atoms with Crippen LogP contribution in [0.3, 0.4) is 0 Å². The molecule has 2 rings (SSSR count). The highest BCUT2D eigenvalue weighted by Crippen LogP contribution is 2.36. The molecule has 0 saturated carbocycles. The van der Waals surface area contributed by atoms with Crippen molar-refractivity contribution < 1.29 is 22.0 Å². The molecule has 0 bridgehead atoms. The zero-order valence-electron chi connectivity index (χ0n) is 10.0. The number of azo groups is 1. The number of rotatable bonds is 2. The standard InChI is InChI=1S/C10H7F5N6/c11-5-3(10(13,14)15)1-2-4(6(5)12)18-19-7-8(16)20-21-9(7)17/h1-2H,(H5,16,17,20,21). The van der Waals surface area contributed by atoms with Crippen LogP contribution in [0.4, 0.5) is 45.0 Å². The van der Waals surface area contributed by atoms with E-state index < -0.39 is 29.1 Å². The number of H-pyrrole nitrogens is 1. The van der Waals surface area contributed by atoms with Crippen LogP contribution in [0.25, 0.3) is 0 Å². The van der Waals surface area contributed by atoms with Gasteiger partial charge < -0.3 is 11.5 Å². The number of hydrogen-bond donors (Lipinski definition) is 3. The summed E-state index contributed by atoms with van der Waals surface area (Å²) in [4.78, 5) is 0. The third-order valence-corrected chi connectivity index (χ3v) is 2.42. The Kier molecular flexibility index (Phi) is 3.49. The van der Waals surface area contributed by atoms with E-state index in [2.05, 4.69) is 20.4 Å². The van der Waals surface area contributed by atoms with Gasteiger partial charge in [0.25, 0.3) is 0 Å². The second-order valence-corrected chi connectivity index (χ2v) is 3.83. The largest absolute Gasteiger partial charge is 0.419 e. The van der Waals surface area contributed by atoms with E-state index in [-0.39, 0.29) is 17.3 Å². The zero-order valence-corrected chi connectivity index (χ0v) is 10.0. The molecule has 1 aromatic carbocycles. The van der Waals surface area contributed by atoms with Crippen LogP contribution in [0.2, 0.25) is 0 Å². The number of nitrogens with one attached hydrogen (secondary N) is 1. The highest BCUT2D eigenvalue weighted by molar-refractivity contribution is 5.70. The van der Waals surface area contributed by atoms with Gasteiger partial charge in [0.15, 0.2) is 23.1 Å². The summed E-state index contributed by atoms with van der Waals surface area (Å²) < 4.78 is 63.9. The van der Waals surface area contributed by atoms with Crippen LogP contribution in [0, 0.1) is 11.6 Å². The molecule has 0 aliphatic heterocycles. The van der Waals surface area contributed by atoms with Crippen molar-refractivity contribution in [2.75, 3.05) is 11.5 Å². The van der Waals surface area contributed by atoms with E-state index in [0.717, 1.165) is 0 Å². The van der Waals surface area contributed by atoms with Crippen molar-refractivity contribution in [1.29, 1.82) is 0 Å². The fraction of sp³-hybridized carbons (Fsp3) is 0.100. The van der Waals surface area contributed by atoms with Crippen molar-refractivity contribution in [3.63, 3.8) is 0 Å². The normalized spacial score (nSPS) is 12.2. The highest BCUT2D eigenvalue weighted by Gasteiger charge is 2.36. The quantitative estimate of drug-likeness (QED) is 0.585. The van der Waals surface area contributed by atoms with Gasteiger partial charge in [-0.15, -0.1) is 10.2 Å². The number of nitrogens with two attached hydrogens (primary N) is 2. The lowest BCUT2D eigenvalue weighted by Gasteiger charge is -2.08. The van der Waals surface area contributed by atoms with E-state index in [1.165, 1.54) is 0 Å². The van der Waals surface area contributed by atoms with Crippen molar-refractivity contribution >= 4 is 23.0 Å². The smallest absolute Gasteiger partial charge is 0.382 e. The minimum atomic E-state index is -5.01. The summed E-state index contributed by atoms with van der Waals surface area (Å²) in [6.07, 6.45) is -5.01. The predicted molar refractivity (Wildman–Crippen MR) is 62.9 cm³/mol. The fourth-order valence-corrected chi connectivity index (χ4v) is 1.41. The second kappa shape index (κ2) is 5.00. The molecule has 0 unspecified atom stereocenters. The van der Waals surface area contributed by atoms with Gasteiger partial charge in [0.1, 0.15) is 11.5 Å². The molecular weight excluding hydrogens is 299 g/mol. The number of nitrogens with zero attached hydrogens (tertiary/aromatic N) is 3. The third kappa shape index (κ3) is 2.75. The minimum absolute atomic E-state index is 0.0796. The lowest BCUT2D eigenvalue weighted by Crippen LogP contribution is -2.09. The van der Waals surface area contributed by atoms with Gasteiger partial charge in [0.2, 0.25) is 0 Å². The maximum Gasteiger partial charge on any atom is 0.419 e. The molecule has 1 heterocycles. The van der Waals surface area contributed by atoms with Crippen LogP contribution < -0.4 is 11.5 Å². The van der Waals surface area contributed by atoms with Crippen molar-refractivity contribution in [2.45, 2.75) is 6.18 Å². The molecule has 0 fully saturated rings. The van der Waals surface area contributed by atoms with Gasteiger partial charge >= 0.3 is 6.18 Å². The van der Waals surface area contributed by atoms with Crippen LogP contribution in [-0.4, -0.2) is 10.2 Å². The molecule has 0 atom stereocenters. The van der Waals surface area contributed by atoms with Crippen LogP contribution >= 0.6 is 0 Å². The van der Waals surface area contributed by atoms with Crippen LogP contribution in [-0.2, 0) is 6.18 Å². The fourth-order valence-electron chi connectivity index (χ4n) is 1.41. The SMILES string of the molecule is Nc1n[nH]c(N)c1N=Nc1ccc(C(F)(F)F)c(F)c1F. The molecule has 0 amide bonds. The summed E-state index contributed by atoms with van der Waals surface area (Å²) in [5.41, 5.74) is 8.15. The Morgan fingerprint density at radius 1 is 1.05 bits per heavy atom. The molecule has 112 valence electrons. The molecule has 0 spiro atoms. The summed E-state index contributed by atoms with van der Waals surface area (Å²) in [5, 5.41) is 12.4. The summed E-state index contributed by atoms with van der Waals surface area (Å²) in [7, 11) is 0. The first-order chi connectivity index (χ1) is 9.71. The summed E-state index contributed by atoms with van der Waals surface area (Å²) >= 11 is 0. The number of aromatic amines is 1. The van der Waals surface area contributed by atoms with Crippen molar-refractivity contribution in [3.05, 3.63) is 29.3 Å². The Morgan fingerprint density at radius 2 is 1.71 bits per heavy atom. The molecule has 6 nitrogen and oxygen atoms in total. The molecular formula is C10H7F5N6. The molecule has 0 aliphatic rings. The topological polar surface area (TPSA) is 105 Å². The number of hydrogen-bond acceptors (Lipinski definition) is 5. The maximum absolute atomic E-state index is 13.5. The number of nitrogen functional groups attached to an aromatic ring is 2. The number of anilines is 2. The Hall–Kier alpha value is -2.72. The van der Waals surface area contributed by atoms with Crippen molar-refractivity contribution in [3.8, 4) is 0 Å². The van der Waals surface area contributed by atoms with Gasteiger partial charge in [-0.3, -0.25) is 5.10 Å². The van der Waals surface area contributed by atoms with Crippen LogP contribution in [0.5, 0.6) is 0 Å². The Morgan fingerprint density at radius 3 is 2.24 bits per heavy atom. The molecule has 21 heavy (non-hydrogen) atoms. The predicted octanol–water partition coefficient (Wildman–Crippen LogP) is 3.29. The number of alkyl halides is 3. The first-order valence-electron chi connectivity index (χ1n) is 5.28. The molecule has 11 heteroatoms. The van der Waals surface area contributed by atoms with E-state index in [1.54, 1.807) is 0 Å². The van der Waals surface area contributed by atoms with Gasteiger partial charge in [0, 0.05) is 0 Å². The van der Waals surface area contributed by atoms with E-state index in [0.29, 0.717) is 12.1 Å². The zero-order chi connectivity index (χ0) is 15.8. The Labute approximate surface area is 113 Å². The molecule has 0 radical (unpaired) electrons. The van der Waals surface area contributed by atoms with Gasteiger partial charge in [-0.1, -0.05) is 0 Å². The lowest BCUT2D eigenvalue weighted by atomic mass is 10.2. The average Bonchev–Trinajstić information content (AvgIpc) is 2.70. The molecule has 0 aliphatic carbocycles. The summed E-state index contributed by atoms with van der Waals surface area (Å²) in [6.45, 7) is 0. The first-order valence-corrected chi connectivity index (χ1v) is 5.28. The van der Waals surface area contributed by atoms with Crippen LogP contribution in [0.15, 0.2) is 22.4 Å². The van der Waals surface area contributed by atoms with E-state index in [4.69, 9.17) is 11.5 Å². The third-order valence-electron chi connectivity index (χ3n) is 2.42. The van der Waals surface area contributed by atoms with Crippen LogP contribution in [0.1, 0.15) is 5.56 Å². The van der Waals surface area contributed by atoms with E-state index >= 15 is 0 Å². The Bertz CT molecular complexity index is 685. The van der Waals surface area contributed by atoms with Gasteiger partial charge in [-0.25, -0.2) is 8.78 Å². The first kappa shape index (κ1) is 14.7. The monoisotopic (exact) mass is 306 g/mol. The molecule has 5 N–H and O–H groups in total. The van der Waals surface area contributed by atoms with Gasteiger partial charge in [-0.05, 0) is 12.1 Å². The molecule has 2 aromatic rings. The summed E-state index contributed by atoms with van der Waals surface area (Å²) in [5.74, 6) is -4.07. The number of benzene rings is 1. The average molecular weight is 306 g/mol. The maximum atomic E-state index is 13.5.